The molecule has 1 aromatic carbocycles. The fourth-order valence-electron chi connectivity index (χ4n) is 1.69. The Morgan fingerprint density at radius 3 is 2.48 bits per heavy atom. The van der Waals surface area contributed by atoms with Crippen LogP contribution < -0.4 is 4.72 Å². The molecule has 0 saturated heterocycles. The molecule has 0 aliphatic rings. The van der Waals surface area contributed by atoms with Crippen LogP contribution in [0.4, 0.5) is 5.69 Å². The van der Waals surface area contributed by atoms with Crippen LogP contribution in [0.25, 0.3) is 0 Å². The van der Waals surface area contributed by atoms with Gasteiger partial charge < -0.3 is 5.11 Å². The summed E-state index contributed by atoms with van der Waals surface area (Å²) < 4.78 is 27.6. The van der Waals surface area contributed by atoms with Gasteiger partial charge in [-0.2, -0.15) is 0 Å². The van der Waals surface area contributed by atoms with Gasteiger partial charge in [0.15, 0.2) is 0 Å². The molecule has 0 aliphatic carbocycles. The van der Waals surface area contributed by atoms with Gasteiger partial charge in [0, 0.05) is 16.9 Å². The summed E-state index contributed by atoms with van der Waals surface area (Å²) in [5.41, 5.74) is 0.672. The van der Waals surface area contributed by atoms with Crippen LogP contribution >= 0.6 is 15.9 Å². The fraction of sp³-hybridized carbons (Fsp3) is 0.0769. The Morgan fingerprint density at radius 2 is 1.90 bits per heavy atom. The average Bonchev–Trinajstić information content (AvgIpc) is 2.41. The number of carbonyl (C=O) groups is 1. The van der Waals surface area contributed by atoms with Crippen LogP contribution in [0.2, 0.25) is 0 Å². The van der Waals surface area contributed by atoms with Gasteiger partial charge in [0.05, 0.1) is 16.1 Å². The van der Waals surface area contributed by atoms with E-state index in [1.165, 1.54) is 30.6 Å². The van der Waals surface area contributed by atoms with Crippen LogP contribution in [0.1, 0.15) is 15.9 Å². The molecular formula is C13H11BrN2O4S. The highest BCUT2D eigenvalue weighted by atomic mass is 79.9. The van der Waals surface area contributed by atoms with Gasteiger partial charge in [-0.25, -0.2) is 13.2 Å². The van der Waals surface area contributed by atoms with Crippen molar-refractivity contribution in [1.29, 1.82) is 0 Å². The smallest absolute Gasteiger partial charge is 0.335 e. The summed E-state index contributed by atoms with van der Waals surface area (Å²) in [6, 6.07) is 5.50. The number of carboxylic acids is 1. The molecule has 0 fully saturated rings. The van der Waals surface area contributed by atoms with Crippen molar-refractivity contribution >= 4 is 37.6 Å². The minimum atomic E-state index is -3.89. The predicted molar refractivity (Wildman–Crippen MR) is 80.9 cm³/mol. The molecule has 2 N–H and O–H groups in total. The van der Waals surface area contributed by atoms with E-state index in [4.69, 9.17) is 5.11 Å². The Balaban J connectivity index is 2.52. The highest BCUT2D eigenvalue weighted by Crippen LogP contribution is 2.27. The first-order valence-electron chi connectivity index (χ1n) is 5.77. The lowest BCUT2D eigenvalue weighted by Gasteiger charge is -2.12. The number of nitrogens with zero attached hydrogens (tertiary/aromatic N) is 1. The number of hydrogen-bond donors (Lipinski definition) is 2. The van der Waals surface area contributed by atoms with E-state index in [1.54, 1.807) is 6.92 Å². The lowest BCUT2D eigenvalue weighted by atomic mass is 10.1. The van der Waals surface area contributed by atoms with Gasteiger partial charge in [0.2, 0.25) is 0 Å². The predicted octanol–water partition coefficient (Wildman–Crippen LogP) is 2.65. The standard InChI is InChI=1S/C13H11BrN2O4S/c1-8-11(14)6-9(13(17)18)7-12(8)21(19,20)16-10-2-4-15-5-3-10/h2-7H,1H3,(H,15,16)(H,17,18). The van der Waals surface area contributed by atoms with Crippen molar-refractivity contribution in [3.8, 4) is 0 Å². The molecule has 2 aromatic rings. The number of anilines is 1. The number of aromatic carboxylic acids is 1. The molecule has 0 bridgehead atoms. The second-order valence-electron chi connectivity index (χ2n) is 4.23. The summed E-state index contributed by atoms with van der Waals surface area (Å²) in [6.07, 6.45) is 2.91. The number of carboxylic acid groups (broad SMARTS) is 1. The van der Waals surface area contributed by atoms with Crippen molar-refractivity contribution in [2.45, 2.75) is 11.8 Å². The number of nitrogens with one attached hydrogen (secondary N) is 1. The Morgan fingerprint density at radius 1 is 1.29 bits per heavy atom. The minimum absolute atomic E-state index is 0.0916. The van der Waals surface area contributed by atoms with Gasteiger partial charge in [0.1, 0.15) is 0 Å². The maximum Gasteiger partial charge on any atom is 0.335 e. The summed E-state index contributed by atoms with van der Waals surface area (Å²) in [5.74, 6) is -1.20. The lowest BCUT2D eigenvalue weighted by molar-refractivity contribution is 0.0696. The van der Waals surface area contributed by atoms with Crippen LogP contribution in [0, 0.1) is 6.92 Å². The van der Waals surface area contributed by atoms with Gasteiger partial charge in [-0.15, -0.1) is 0 Å². The summed E-state index contributed by atoms with van der Waals surface area (Å²) >= 11 is 3.18. The van der Waals surface area contributed by atoms with Gasteiger partial charge in [0.25, 0.3) is 10.0 Å². The molecule has 0 saturated carbocycles. The minimum Gasteiger partial charge on any atom is -0.478 e. The SMILES string of the molecule is Cc1c(Br)cc(C(=O)O)cc1S(=O)(=O)Nc1ccncc1. The third kappa shape index (κ3) is 3.40. The first-order chi connectivity index (χ1) is 9.81. The first-order valence-corrected chi connectivity index (χ1v) is 8.05. The second kappa shape index (κ2) is 5.82. The maximum atomic E-state index is 12.4. The highest BCUT2D eigenvalue weighted by Gasteiger charge is 2.21. The second-order valence-corrected chi connectivity index (χ2v) is 6.73. The number of aromatic nitrogens is 1. The molecule has 0 spiro atoms. The lowest BCUT2D eigenvalue weighted by Crippen LogP contribution is -2.15. The number of sulfonamides is 1. The van der Waals surface area contributed by atoms with Gasteiger partial charge >= 0.3 is 5.97 Å². The third-order valence-electron chi connectivity index (χ3n) is 2.77. The van der Waals surface area contributed by atoms with E-state index in [9.17, 15) is 13.2 Å². The molecule has 0 unspecified atom stereocenters. The zero-order valence-corrected chi connectivity index (χ0v) is 13.3. The van der Waals surface area contributed by atoms with Gasteiger partial charge in [-0.05, 0) is 36.8 Å². The van der Waals surface area contributed by atoms with E-state index >= 15 is 0 Å². The van der Waals surface area contributed by atoms with Crippen LogP contribution in [0.15, 0.2) is 46.0 Å². The van der Waals surface area contributed by atoms with Crippen molar-refractivity contribution < 1.29 is 18.3 Å². The summed E-state index contributed by atoms with van der Waals surface area (Å²) in [7, 11) is -3.89. The highest BCUT2D eigenvalue weighted by molar-refractivity contribution is 9.10. The molecule has 2 rings (SSSR count). The Kier molecular flexibility index (Phi) is 4.29. The zero-order chi connectivity index (χ0) is 15.6. The molecule has 110 valence electrons. The summed E-state index contributed by atoms with van der Waals surface area (Å²) in [5, 5.41) is 9.04. The van der Waals surface area contributed by atoms with E-state index < -0.39 is 16.0 Å². The van der Waals surface area contributed by atoms with Crippen molar-refractivity contribution in [2.75, 3.05) is 4.72 Å². The third-order valence-corrected chi connectivity index (χ3v) is 5.10. The van der Waals surface area contributed by atoms with E-state index in [0.29, 0.717) is 15.7 Å². The topological polar surface area (TPSA) is 96.4 Å². The number of benzene rings is 1. The van der Waals surface area contributed by atoms with E-state index in [-0.39, 0.29) is 10.5 Å². The van der Waals surface area contributed by atoms with E-state index in [0.717, 1.165) is 6.07 Å². The van der Waals surface area contributed by atoms with Crippen molar-refractivity contribution in [3.63, 3.8) is 0 Å². The van der Waals surface area contributed by atoms with Gasteiger partial charge in [-0.3, -0.25) is 9.71 Å². The quantitative estimate of drug-likeness (QED) is 0.862. The average molecular weight is 371 g/mol. The molecule has 0 amide bonds. The Labute approximate surface area is 130 Å². The van der Waals surface area contributed by atoms with Crippen molar-refractivity contribution in [2.24, 2.45) is 0 Å². The molecule has 0 aliphatic heterocycles. The molecule has 6 nitrogen and oxygen atoms in total. The van der Waals surface area contributed by atoms with E-state index in [2.05, 4.69) is 25.6 Å². The first kappa shape index (κ1) is 15.5. The number of hydrogen-bond acceptors (Lipinski definition) is 4. The molecule has 1 aromatic heterocycles. The summed E-state index contributed by atoms with van der Waals surface area (Å²) in [6.45, 7) is 1.59. The maximum absolute atomic E-state index is 12.4. The van der Waals surface area contributed by atoms with Crippen molar-refractivity contribution in [3.05, 3.63) is 52.3 Å². The number of rotatable bonds is 4. The molecular weight excluding hydrogens is 360 g/mol. The number of pyridine rings is 1. The van der Waals surface area contributed by atoms with Crippen molar-refractivity contribution in [1.82, 2.24) is 4.98 Å². The normalized spacial score (nSPS) is 11.1. The molecule has 0 atom stereocenters. The van der Waals surface area contributed by atoms with Crippen LogP contribution in [0.3, 0.4) is 0 Å². The molecule has 8 heteroatoms. The largest absolute Gasteiger partial charge is 0.478 e. The van der Waals surface area contributed by atoms with Crippen LogP contribution in [0.5, 0.6) is 0 Å². The van der Waals surface area contributed by atoms with Crippen LogP contribution in [-0.2, 0) is 10.0 Å². The fourth-order valence-corrected chi connectivity index (χ4v) is 3.63. The van der Waals surface area contributed by atoms with E-state index in [1.807, 2.05) is 0 Å². The monoisotopic (exact) mass is 370 g/mol. The molecule has 0 radical (unpaired) electrons. The van der Waals surface area contributed by atoms with Crippen LogP contribution in [-0.4, -0.2) is 24.5 Å². The summed E-state index contributed by atoms with van der Waals surface area (Å²) in [4.78, 5) is 14.8. The Bertz CT molecular complexity index is 791. The number of halogens is 1. The molecule has 1 heterocycles. The Hall–Kier alpha value is -1.93. The molecule has 21 heavy (non-hydrogen) atoms. The zero-order valence-electron chi connectivity index (χ0n) is 10.9. The van der Waals surface area contributed by atoms with Gasteiger partial charge in [-0.1, -0.05) is 15.9 Å².